The summed E-state index contributed by atoms with van der Waals surface area (Å²) in [7, 11) is 0. The summed E-state index contributed by atoms with van der Waals surface area (Å²) in [4.78, 5) is 0. The first-order valence-corrected chi connectivity index (χ1v) is 5.97. The molecule has 20 heavy (non-hydrogen) atoms. The van der Waals surface area contributed by atoms with Crippen LogP contribution in [-0.4, -0.2) is 79.2 Å². The van der Waals surface area contributed by atoms with Crippen molar-refractivity contribution < 1.29 is 30.6 Å². The fraction of sp³-hybridized carbons (Fsp3) is 1.00. The quantitative estimate of drug-likeness (QED) is 0.369. The van der Waals surface area contributed by atoms with E-state index in [0.717, 1.165) is 0 Å². The largest absolute Gasteiger partial charge is 3.00 e. The van der Waals surface area contributed by atoms with Crippen LogP contribution in [0.2, 0.25) is 0 Å². The molecule has 0 saturated carbocycles. The van der Waals surface area contributed by atoms with Gasteiger partial charge in [-0.3, -0.25) is 0 Å². The molecule has 0 aromatic carbocycles. The van der Waals surface area contributed by atoms with Crippen LogP contribution in [0.3, 0.4) is 0 Å². The van der Waals surface area contributed by atoms with Crippen molar-refractivity contribution in [3.05, 3.63) is 0 Å². The van der Waals surface area contributed by atoms with Gasteiger partial charge in [0.25, 0.3) is 0 Å². The van der Waals surface area contributed by atoms with Crippen molar-refractivity contribution in [3.63, 3.8) is 0 Å². The monoisotopic (exact) mass is 408 g/mol. The van der Waals surface area contributed by atoms with E-state index >= 15 is 0 Å². The second-order valence-electron chi connectivity index (χ2n) is 1.73. The molecule has 0 atom stereocenters. The zero-order valence-corrected chi connectivity index (χ0v) is 18.7. The Hall–Kier alpha value is 1.03. The third-order valence-corrected chi connectivity index (χ3v) is 0. The molecule has 0 rings (SSSR count). The number of hydrogen-bond acceptors (Lipinski definition) is 6. The van der Waals surface area contributed by atoms with Gasteiger partial charge in [0, 0.05) is 0 Å². The molecular weight excluding hydrogens is 380 g/mol. The van der Waals surface area contributed by atoms with Gasteiger partial charge in [0.2, 0.25) is 0 Å². The Bertz CT molecular complexity index is 41.4. The van der Waals surface area contributed by atoms with Gasteiger partial charge in [-0.2, -0.15) is 0 Å². The van der Waals surface area contributed by atoms with Crippen molar-refractivity contribution in [1.29, 1.82) is 0 Å². The third-order valence-electron chi connectivity index (χ3n) is 0. The van der Waals surface area contributed by atoms with E-state index in [0.29, 0.717) is 0 Å². The van der Waals surface area contributed by atoms with Crippen LogP contribution in [0.1, 0.15) is 41.5 Å². The molecule has 0 N–H and O–H groups in total. The van der Waals surface area contributed by atoms with E-state index in [-0.39, 0.29) is 79.2 Å². The van der Waals surface area contributed by atoms with E-state index < -0.39 is 0 Å². The first-order chi connectivity index (χ1) is 8.49. The zero-order chi connectivity index (χ0) is 16.2. The van der Waals surface area contributed by atoms with Gasteiger partial charge in [-0.15, -0.1) is 39.6 Å². The van der Waals surface area contributed by atoms with Crippen molar-refractivity contribution in [2.24, 2.45) is 0 Å². The molecule has 120 valence electrons. The molecule has 0 aliphatic carbocycles. The second-order valence-corrected chi connectivity index (χ2v) is 1.73. The Morgan fingerprint density at radius 2 is 0.350 bits per heavy atom. The zero-order valence-electron chi connectivity index (χ0n) is 13.8. The van der Waals surface area contributed by atoms with E-state index in [4.69, 9.17) is 30.6 Å². The fourth-order valence-electron chi connectivity index (χ4n) is 0. The molecule has 6 nitrogen and oxygen atoms in total. The molecule has 0 radical (unpaired) electrons. The van der Waals surface area contributed by atoms with Crippen molar-refractivity contribution in [3.8, 4) is 0 Å². The normalized spacial score (nSPS) is 5.40. The Morgan fingerprint density at radius 1 is 0.350 bits per heavy atom. The first kappa shape index (κ1) is 49.7. The summed E-state index contributed by atoms with van der Waals surface area (Å²) < 4.78 is 0. The van der Waals surface area contributed by atoms with Crippen LogP contribution in [0.15, 0.2) is 0 Å². The van der Waals surface area contributed by atoms with Gasteiger partial charge in [-0.05, 0) is 0 Å². The number of hydrogen-bond donors (Lipinski definition) is 0. The molecule has 0 aliphatic rings. The summed E-state index contributed by atoms with van der Waals surface area (Å²) in [6.45, 7) is 9.42. The molecule has 0 spiro atoms. The maximum absolute atomic E-state index is 8.93. The van der Waals surface area contributed by atoms with Gasteiger partial charge >= 0.3 is 39.6 Å². The SMILES string of the molecule is CC[O-].CC[O-].CC[O-].CC[O-].CC[O-].CC[O-].[Ga+3].[Ga+3]. The topological polar surface area (TPSA) is 138 Å². The average Bonchev–Trinajstić information content (AvgIpc) is 2.23. The molecule has 0 amide bonds. The molecule has 0 aromatic rings. The Morgan fingerprint density at radius 3 is 0.350 bits per heavy atom. The van der Waals surface area contributed by atoms with E-state index in [1.807, 2.05) is 0 Å². The fourth-order valence-corrected chi connectivity index (χ4v) is 0. The first-order valence-electron chi connectivity index (χ1n) is 5.97. The molecule has 0 saturated heterocycles. The van der Waals surface area contributed by atoms with Crippen LogP contribution in [0.5, 0.6) is 0 Å². The van der Waals surface area contributed by atoms with Crippen molar-refractivity contribution in [2.75, 3.05) is 39.6 Å². The van der Waals surface area contributed by atoms with Crippen LogP contribution < -0.4 is 30.6 Å². The molecule has 8 heteroatoms. The summed E-state index contributed by atoms with van der Waals surface area (Å²) in [5.74, 6) is 0. The van der Waals surface area contributed by atoms with Gasteiger partial charge in [0.1, 0.15) is 0 Å². The third kappa shape index (κ3) is 5800. The van der Waals surface area contributed by atoms with Crippen LogP contribution in [0.4, 0.5) is 0 Å². The van der Waals surface area contributed by atoms with E-state index in [2.05, 4.69) is 0 Å². The van der Waals surface area contributed by atoms with Gasteiger partial charge in [-0.25, -0.2) is 0 Å². The van der Waals surface area contributed by atoms with Gasteiger partial charge < -0.3 is 30.6 Å². The van der Waals surface area contributed by atoms with Crippen molar-refractivity contribution in [1.82, 2.24) is 0 Å². The minimum absolute atomic E-state index is 0. The smallest absolute Gasteiger partial charge is 0.855 e. The maximum Gasteiger partial charge on any atom is 3.00 e. The summed E-state index contributed by atoms with van der Waals surface area (Å²) in [6.07, 6.45) is 0. The average molecular weight is 410 g/mol. The molecule has 0 unspecified atom stereocenters. The van der Waals surface area contributed by atoms with E-state index in [9.17, 15) is 0 Å². The minimum atomic E-state index is 0. The summed E-state index contributed by atoms with van der Waals surface area (Å²) in [5, 5.41) is 53.6. The standard InChI is InChI=1S/6C2H5O.2Ga/c6*1-2-3;;/h6*2H2,1H3;;/q6*-1;2*+3. The van der Waals surface area contributed by atoms with Crippen molar-refractivity contribution in [2.45, 2.75) is 41.5 Å². The molecule has 0 fully saturated rings. The predicted molar refractivity (Wildman–Crippen MR) is 74.8 cm³/mol. The summed E-state index contributed by atoms with van der Waals surface area (Å²) in [6, 6.07) is 0. The van der Waals surface area contributed by atoms with E-state index in [1.54, 1.807) is 41.5 Å². The second kappa shape index (κ2) is 147. The molecule has 0 aliphatic heterocycles. The Balaban J connectivity index is -0.0000000141. The van der Waals surface area contributed by atoms with E-state index in [1.165, 1.54) is 0 Å². The predicted octanol–water partition coefficient (Wildman–Crippen LogP) is -4.56. The molecule has 0 aromatic heterocycles. The van der Waals surface area contributed by atoms with Crippen molar-refractivity contribution >= 4 is 39.6 Å². The van der Waals surface area contributed by atoms with Crippen LogP contribution >= 0.6 is 0 Å². The summed E-state index contributed by atoms with van der Waals surface area (Å²) in [5.41, 5.74) is 0. The van der Waals surface area contributed by atoms with Crippen LogP contribution in [-0.2, 0) is 0 Å². The minimum Gasteiger partial charge on any atom is -0.855 e. The molecule has 0 heterocycles. The Labute approximate surface area is 151 Å². The van der Waals surface area contributed by atoms with Gasteiger partial charge in [0.15, 0.2) is 0 Å². The molecular formula is C12H30Ga2O6. The molecule has 0 bridgehead atoms. The van der Waals surface area contributed by atoms with Crippen LogP contribution in [0.25, 0.3) is 0 Å². The van der Waals surface area contributed by atoms with Crippen LogP contribution in [0, 0.1) is 0 Å². The number of rotatable bonds is 0. The summed E-state index contributed by atoms with van der Waals surface area (Å²) >= 11 is 0. The maximum atomic E-state index is 8.93. The van der Waals surface area contributed by atoms with Gasteiger partial charge in [-0.1, -0.05) is 41.5 Å². The Kier molecular flexibility index (Phi) is 365. The van der Waals surface area contributed by atoms with Gasteiger partial charge in [0.05, 0.1) is 0 Å².